The summed E-state index contributed by atoms with van der Waals surface area (Å²) >= 11 is 1.46. The zero-order chi connectivity index (χ0) is 21.2. The molecule has 0 amide bonds. The van der Waals surface area contributed by atoms with E-state index < -0.39 is 0 Å². The van der Waals surface area contributed by atoms with Gasteiger partial charge in [-0.05, 0) is 36.4 Å². The second kappa shape index (κ2) is 8.31. The summed E-state index contributed by atoms with van der Waals surface area (Å²) in [6.45, 7) is 0.378. The number of methoxy groups -OCH3 is 1. The van der Waals surface area contributed by atoms with Crippen LogP contribution in [0.4, 0.5) is 0 Å². The van der Waals surface area contributed by atoms with Crippen molar-refractivity contribution in [3.63, 3.8) is 0 Å². The largest absolute Gasteiger partial charge is 0.497 e. The van der Waals surface area contributed by atoms with Crippen LogP contribution in [-0.2, 0) is 12.8 Å². The Morgan fingerprint density at radius 2 is 1.90 bits per heavy atom. The predicted molar refractivity (Wildman–Crippen MR) is 112 cm³/mol. The number of para-hydroxylation sites is 2. The maximum atomic E-state index is 6.04. The Labute approximate surface area is 182 Å². The molecule has 2 aromatic carbocycles. The SMILES string of the molecule is COc1ccc(-c2noc(CSc3nnc(C4COc5ccccc5O4)n3C)n2)cc1. The highest BCUT2D eigenvalue weighted by Gasteiger charge is 2.27. The molecule has 0 saturated carbocycles. The molecule has 0 aliphatic carbocycles. The van der Waals surface area contributed by atoms with Gasteiger partial charge >= 0.3 is 0 Å². The molecule has 31 heavy (non-hydrogen) atoms. The average molecular weight is 437 g/mol. The first-order valence-corrected chi connectivity index (χ1v) is 10.6. The summed E-state index contributed by atoms with van der Waals surface area (Å²) in [5.74, 6) is 4.42. The van der Waals surface area contributed by atoms with Gasteiger partial charge in [-0.1, -0.05) is 29.1 Å². The Morgan fingerprint density at radius 1 is 1.10 bits per heavy atom. The van der Waals surface area contributed by atoms with Crippen molar-refractivity contribution in [3.8, 4) is 28.6 Å². The summed E-state index contributed by atoms with van der Waals surface area (Å²) < 4.78 is 24.3. The molecule has 158 valence electrons. The van der Waals surface area contributed by atoms with Gasteiger partial charge in [0, 0.05) is 12.6 Å². The molecule has 0 bridgehead atoms. The average Bonchev–Trinajstić information content (AvgIpc) is 3.44. The van der Waals surface area contributed by atoms with E-state index in [4.69, 9.17) is 18.7 Å². The van der Waals surface area contributed by atoms with Crippen molar-refractivity contribution in [2.24, 2.45) is 7.05 Å². The number of fused-ring (bicyclic) bond motifs is 1. The van der Waals surface area contributed by atoms with Crippen LogP contribution < -0.4 is 14.2 Å². The Balaban J connectivity index is 1.25. The highest BCUT2D eigenvalue weighted by molar-refractivity contribution is 7.98. The normalized spacial score (nSPS) is 15.1. The number of benzene rings is 2. The summed E-state index contributed by atoms with van der Waals surface area (Å²) in [7, 11) is 3.53. The zero-order valence-electron chi connectivity index (χ0n) is 16.9. The van der Waals surface area contributed by atoms with Gasteiger partial charge in [0.15, 0.2) is 28.6 Å². The lowest BCUT2D eigenvalue weighted by molar-refractivity contribution is 0.0825. The monoisotopic (exact) mass is 437 g/mol. The minimum absolute atomic E-state index is 0.327. The number of hydrogen-bond donors (Lipinski definition) is 0. The molecule has 1 atom stereocenters. The van der Waals surface area contributed by atoms with Crippen LogP contribution in [0.1, 0.15) is 17.8 Å². The molecule has 2 aromatic heterocycles. The van der Waals surface area contributed by atoms with Crippen LogP contribution >= 0.6 is 11.8 Å². The molecule has 3 heterocycles. The van der Waals surface area contributed by atoms with Crippen molar-refractivity contribution in [2.45, 2.75) is 17.0 Å². The fraction of sp³-hybridized carbons (Fsp3) is 0.238. The fourth-order valence-electron chi connectivity index (χ4n) is 3.18. The Kier molecular flexibility index (Phi) is 5.21. The second-order valence-corrected chi connectivity index (χ2v) is 7.74. The summed E-state index contributed by atoms with van der Waals surface area (Å²) in [6.07, 6.45) is -0.327. The van der Waals surface area contributed by atoms with Crippen molar-refractivity contribution in [2.75, 3.05) is 13.7 Å². The smallest absolute Gasteiger partial charge is 0.237 e. The predicted octanol–water partition coefficient (Wildman–Crippen LogP) is 3.68. The quantitative estimate of drug-likeness (QED) is 0.418. The van der Waals surface area contributed by atoms with Crippen LogP contribution in [0, 0.1) is 0 Å². The summed E-state index contributed by atoms with van der Waals surface area (Å²) in [5.41, 5.74) is 0.858. The Bertz CT molecular complexity index is 1190. The first kappa shape index (κ1) is 19.4. The minimum Gasteiger partial charge on any atom is -0.497 e. The first-order valence-electron chi connectivity index (χ1n) is 9.59. The van der Waals surface area contributed by atoms with Gasteiger partial charge in [-0.15, -0.1) is 10.2 Å². The molecular weight excluding hydrogens is 418 g/mol. The lowest BCUT2D eigenvalue weighted by Crippen LogP contribution is -2.24. The molecule has 1 unspecified atom stereocenters. The van der Waals surface area contributed by atoms with E-state index in [2.05, 4.69) is 20.3 Å². The van der Waals surface area contributed by atoms with Crippen LogP contribution in [-0.4, -0.2) is 38.6 Å². The number of thioether (sulfide) groups is 1. The minimum atomic E-state index is -0.327. The van der Waals surface area contributed by atoms with E-state index in [1.165, 1.54) is 11.8 Å². The third-order valence-corrected chi connectivity index (χ3v) is 5.81. The van der Waals surface area contributed by atoms with Crippen molar-refractivity contribution in [3.05, 3.63) is 60.2 Å². The molecule has 0 fully saturated rings. The molecule has 1 aliphatic heterocycles. The molecule has 4 aromatic rings. The number of aromatic nitrogens is 5. The molecule has 0 spiro atoms. The van der Waals surface area contributed by atoms with Gasteiger partial charge in [0.2, 0.25) is 11.7 Å². The van der Waals surface area contributed by atoms with E-state index in [9.17, 15) is 0 Å². The molecule has 0 radical (unpaired) electrons. The van der Waals surface area contributed by atoms with Crippen LogP contribution in [0.25, 0.3) is 11.4 Å². The summed E-state index contributed by atoms with van der Waals surface area (Å²) in [4.78, 5) is 4.46. The van der Waals surface area contributed by atoms with Crippen LogP contribution in [0.5, 0.6) is 17.2 Å². The van der Waals surface area contributed by atoms with Gasteiger partial charge in [-0.25, -0.2) is 0 Å². The second-order valence-electron chi connectivity index (χ2n) is 6.79. The standard InChI is InChI=1S/C21H19N5O4S/c1-26-20(17-11-28-15-5-3-4-6-16(15)29-17)23-24-21(26)31-12-18-22-19(25-30-18)13-7-9-14(27-2)10-8-13/h3-10,17H,11-12H2,1-2H3. The number of ether oxygens (including phenoxy) is 3. The highest BCUT2D eigenvalue weighted by atomic mass is 32.2. The lowest BCUT2D eigenvalue weighted by Gasteiger charge is -2.25. The first-order chi connectivity index (χ1) is 15.2. The van der Waals surface area contributed by atoms with Crippen molar-refractivity contribution in [1.82, 2.24) is 24.9 Å². The Morgan fingerprint density at radius 3 is 2.71 bits per heavy atom. The molecule has 5 rings (SSSR count). The van der Waals surface area contributed by atoms with E-state index in [0.29, 0.717) is 35.6 Å². The van der Waals surface area contributed by atoms with Crippen molar-refractivity contribution in [1.29, 1.82) is 0 Å². The highest BCUT2D eigenvalue weighted by Crippen LogP contribution is 2.36. The van der Waals surface area contributed by atoms with Crippen LogP contribution in [0.15, 0.2) is 58.2 Å². The molecular formula is C21H19N5O4S. The van der Waals surface area contributed by atoms with Gasteiger partial charge < -0.3 is 23.3 Å². The number of hydrogen-bond acceptors (Lipinski definition) is 9. The zero-order valence-corrected chi connectivity index (χ0v) is 17.7. The van der Waals surface area contributed by atoms with Gasteiger partial charge in [-0.2, -0.15) is 4.98 Å². The van der Waals surface area contributed by atoms with Crippen molar-refractivity contribution < 1.29 is 18.7 Å². The molecule has 0 N–H and O–H groups in total. The maximum Gasteiger partial charge on any atom is 0.237 e. The molecule has 0 saturated heterocycles. The molecule has 1 aliphatic rings. The van der Waals surface area contributed by atoms with Crippen molar-refractivity contribution >= 4 is 11.8 Å². The summed E-state index contributed by atoms with van der Waals surface area (Å²) in [6, 6.07) is 15.1. The van der Waals surface area contributed by atoms with Gasteiger partial charge in [0.1, 0.15) is 12.4 Å². The lowest BCUT2D eigenvalue weighted by atomic mass is 10.2. The molecule has 10 heteroatoms. The van der Waals surface area contributed by atoms with Crippen LogP contribution in [0.3, 0.4) is 0 Å². The fourth-order valence-corrected chi connectivity index (χ4v) is 3.93. The van der Waals surface area contributed by atoms with Gasteiger partial charge in [0.05, 0.1) is 12.9 Å². The van der Waals surface area contributed by atoms with E-state index in [1.54, 1.807) is 7.11 Å². The van der Waals surface area contributed by atoms with Gasteiger partial charge in [0.25, 0.3) is 0 Å². The topological polar surface area (TPSA) is 97.3 Å². The third-order valence-electron chi connectivity index (χ3n) is 4.81. The summed E-state index contributed by atoms with van der Waals surface area (Å²) in [5, 5.41) is 13.4. The number of rotatable bonds is 6. The maximum absolute atomic E-state index is 6.04. The number of nitrogens with zero attached hydrogens (tertiary/aromatic N) is 5. The third kappa shape index (κ3) is 3.93. The van der Waals surface area contributed by atoms with E-state index in [1.807, 2.05) is 60.1 Å². The Hall–Kier alpha value is -3.53. The van der Waals surface area contributed by atoms with Crippen LogP contribution in [0.2, 0.25) is 0 Å². The van der Waals surface area contributed by atoms with E-state index in [-0.39, 0.29) is 6.10 Å². The molecule has 9 nitrogen and oxygen atoms in total. The van der Waals surface area contributed by atoms with E-state index in [0.717, 1.165) is 22.2 Å². The van der Waals surface area contributed by atoms with E-state index >= 15 is 0 Å². The van der Waals surface area contributed by atoms with Gasteiger partial charge in [-0.3, -0.25) is 0 Å².